The summed E-state index contributed by atoms with van der Waals surface area (Å²) < 4.78 is 18.1. The number of carbonyl (C=O) groups excluding carboxylic acids is 2. The number of nitrogens with zero attached hydrogens (tertiary/aromatic N) is 1. The second kappa shape index (κ2) is 5.76. The molecular formula is C15H16FN3O3. The molecule has 0 radical (unpaired) electrons. The third-order valence-corrected chi connectivity index (χ3v) is 3.79. The molecule has 0 saturated carbocycles. The van der Waals surface area contributed by atoms with Crippen molar-refractivity contribution in [2.45, 2.75) is 6.04 Å². The summed E-state index contributed by atoms with van der Waals surface area (Å²) in [5, 5.41) is 5.40. The maximum Gasteiger partial charge on any atom is 0.319 e. The number of benzene rings is 1. The first-order chi connectivity index (χ1) is 10.6. The van der Waals surface area contributed by atoms with Crippen molar-refractivity contribution in [3.8, 4) is 0 Å². The Bertz CT molecular complexity index is 642. The Morgan fingerprint density at radius 2 is 2.05 bits per heavy atom. The largest absolute Gasteiger partial charge is 0.383 e. The molecule has 0 saturated heterocycles. The van der Waals surface area contributed by atoms with Gasteiger partial charge in [-0.25, -0.2) is 9.18 Å². The number of rotatable bonds is 4. The summed E-state index contributed by atoms with van der Waals surface area (Å²) >= 11 is 0. The van der Waals surface area contributed by atoms with Gasteiger partial charge in [-0.15, -0.1) is 0 Å². The predicted molar refractivity (Wildman–Crippen MR) is 76.3 cm³/mol. The standard InChI is InChI=1S/C15H16FN3O3/c1-22-7-6-19-8-11-12(14(19)20)13(18-15(21)17-11)9-2-4-10(16)5-3-9/h2-5,13H,6-8H2,1H3,(H2,17,18,21)/t13-/m1/s1. The van der Waals surface area contributed by atoms with E-state index in [9.17, 15) is 14.0 Å². The van der Waals surface area contributed by atoms with Gasteiger partial charge in [-0.05, 0) is 17.7 Å². The van der Waals surface area contributed by atoms with Gasteiger partial charge in [-0.3, -0.25) is 4.79 Å². The van der Waals surface area contributed by atoms with Gasteiger partial charge >= 0.3 is 6.03 Å². The zero-order valence-corrected chi connectivity index (χ0v) is 12.1. The number of hydrogen-bond donors (Lipinski definition) is 2. The van der Waals surface area contributed by atoms with Gasteiger partial charge in [0.05, 0.1) is 30.5 Å². The van der Waals surface area contributed by atoms with Gasteiger partial charge in [0.25, 0.3) is 5.91 Å². The molecule has 116 valence electrons. The molecule has 1 aromatic rings. The highest BCUT2D eigenvalue weighted by molar-refractivity contribution is 6.01. The third kappa shape index (κ3) is 2.55. The number of amides is 3. The number of urea groups is 1. The van der Waals surface area contributed by atoms with E-state index in [0.29, 0.717) is 36.5 Å². The smallest absolute Gasteiger partial charge is 0.319 e. The second-order valence-corrected chi connectivity index (χ2v) is 5.19. The van der Waals surface area contributed by atoms with Gasteiger partial charge in [0.2, 0.25) is 0 Å². The molecule has 0 aliphatic carbocycles. The number of hydrogen-bond acceptors (Lipinski definition) is 3. The first kappa shape index (κ1) is 14.5. The summed E-state index contributed by atoms with van der Waals surface area (Å²) in [7, 11) is 1.57. The fourth-order valence-electron chi connectivity index (χ4n) is 2.72. The van der Waals surface area contributed by atoms with Crippen LogP contribution in [0.4, 0.5) is 9.18 Å². The molecule has 0 unspecified atom stereocenters. The van der Waals surface area contributed by atoms with Crippen LogP contribution in [-0.4, -0.2) is 43.6 Å². The molecule has 2 heterocycles. The Hall–Kier alpha value is -2.41. The third-order valence-electron chi connectivity index (χ3n) is 3.79. The van der Waals surface area contributed by atoms with Crippen LogP contribution in [0.3, 0.4) is 0 Å². The summed E-state index contributed by atoms with van der Waals surface area (Å²) in [6, 6.07) is 4.83. The van der Waals surface area contributed by atoms with Crippen LogP contribution in [0.2, 0.25) is 0 Å². The highest BCUT2D eigenvalue weighted by Crippen LogP contribution is 2.32. The van der Waals surface area contributed by atoms with Crippen LogP contribution in [0.5, 0.6) is 0 Å². The molecule has 3 amide bonds. The fraction of sp³-hybridized carbons (Fsp3) is 0.333. The van der Waals surface area contributed by atoms with E-state index in [1.54, 1.807) is 24.1 Å². The van der Waals surface area contributed by atoms with Crippen molar-refractivity contribution in [3.05, 3.63) is 46.9 Å². The van der Waals surface area contributed by atoms with Crippen molar-refractivity contribution < 1.29 is 18.7 Å². The minimum Gasteiger partial charge on any atom is -0.383 e. The lowest BCUT2D eigenvalue weighted by atomic mass is 9.96. The molecule has 2 aliphatic rings. The van der Waals surface area contributed by atoms with E-state index in [2.05, 4.69) is 10.6 Å². The van der Waals surface area contributed by atoms with E-state index in [0.717, 1.165) is 0 Å². The maximum absolute atomic E-state index is 13.1. The topological polar surface area (TPSA) is 70.7 Å². The number of nitrogens with one attached hydrogen (secondary N) is 2. The molecule has 0 fully saturated rings. The molecular weight excluding hydrogens is 289 g/mol. The number of carbonyl (C=O) groups is 2. The lowest BCUT2D eigenvalue weighted by molar-refractivity contribution is -0.126. The van der Waals surface area contributed by atoms with Crippen molar-refractivity contribution >= 4 is 11.9 Å². The molecule has 6 nitrogen and oxygen atoms in total. The van der Waals surface area contributed by atoms with Crippen LogP contribution >= 0.6 is 0 Å². The number of methoxy groups -OCH3 is 1. The van der Waals surface area contributed by atoms with E-state index in [1.165, 1.54) is 12.1 Å². The molecule has 0 spiro atoms. The van der Waals surface area contributed by atoms with E-state index >= 15 is 0 Å². The number of halogens is 1. The zero-order chi connectivity index (χ0) is 15.7. The summed E-state index contributed by atoms with van der Waals surface area (Å²) in [6.45, 7) is 1.23. The van der Waals surface area contributed by atoms with Gasteiger partial charge in [0.1, 0.15) is 5.82 Å². The van der Waals surface area contributed by atoms with Gasteiger partial charge < -0.3 is 20.3 Å². The van der Waals surface area contributed by atoms with Crippen molar-refractivity contribution in [1.29, 1.82) is 0 Å². The first-order valence-electron chi connectivity index (χ1n) is 6.94. The molecule has 2 N–H and O–H groups in total. The maximum atomic E-state index is 13.1. The monoisotopic (exact) mass is 305 g/mol. The predicted octanol–water partition coefficient (Wildman–Crippen LogP) is 0.922. The summed E-state index contributed by atoms with van der Waals surface area (Å²) in [6.07, 6.45) is 0. The zero-order valence-electron chi connectivity index (χ0n) is 12.1. The Morgan fingerprint density at radius 3 is 2.73 bits per heavy atom. The van der Waals surface area contributed by atoms with Gasteiger partial charge in [0.15, 0.2) is 0 Å². The van der Waals surface area contributed by atoms with Crippen LogP contribution in [0.1, 0.15) is 11.6 Å². The van der Waals surface area contributed by atoms with Crippen LogP contribution in [0.15, 0.2) is 35.5 Å². The Morgan fingerprint density at radius 1 is 1.32 bits per heavy atom. The van der Waals surface area contributed by atoms with E-state index < -0.39 is 6.04 Å². The average Bonchev–Trinajstić information content (AvgIpc) is 2.81. The Balaban J connectivity index is 1.90. The second-order valence-electron chi connectivity index (χ2n) is 5.19. The van der Waals surface area contributed by atoms with Crippen LogP contribution in [-0.2, 0) is 9.53 Å². The molecule has 3 rings (SSSR count). The molecule has 2 aliphatic heterocycles. The van der Waals surface area contributed by atoms with Gasteiger partial charge in [-0.1, -0.05) is 12.1 Å². The molecule has 22 heavy (non-hydrogen) atoms. The highest BCUT2D eigenvalue weighted by Gasteiger charge is 2.40. The van der Waals surface area contributed by atoms with Crippen molar-refractivity contribution in [2.75, 3.05) is 26.8 Å². The van der Waals surface area contributed by atoms with Gasteiger partial charge in [0, 0.05) is 13.7 Å². The fourth-order valence-corrected chi connectivity index (χ4v) is 2.72. The molecule has 1 aromatic carbocycles. The van der Waals surface area contributed by atoms with Crippen molar-refractivity contribution in [1.82, 2.24) is 15.5 Å². The van der Waals surface area contributed by atoms with Crippen molar-refractivity contribution in [3.63, 3.8) is 0 Å². The van der Waals surface area contributed by atoms with E-state index in [-0.39, 0.29) is 17.8 Å². The highest BCUT2D eigenvalue weighted by atomic mass is 19.1. The molecule has 7 heteroatoms. The van der Waals surface area contributed by atoms with Crippen LogP contribution in [0.25, 0.3) is 0 Å². The summed E-state index contributed by atoms with van der Waals surface area (Å²) in [5.41, 5.74) is 1.77. The summed E-state index contributed by atoms with van der Waals surface area (Å²) in [5.74, 6) is -0.508. The molecule has 0 aromatic heterocycles. The SMILES string of the molecule is COCCN1CC2=C(C1=O)[C@@H](c1ccc(F)cc1)NC(=O)N2. The summed E-state index contributed by atoms with van der Waals surface area (Å²) in [4.78, 5) is 26.0. The number of ether oxygens (including phenoxy) is 1. The first-order valence-corrected chi connectivity index (χ1v) is 6.94. The van der Waals surface area contributed by atoms with Crippen LogP contribution < -0.4 is 10.6 Å². The average molecular weight is 305 g/mol. The van der Waals surface area contributed by atoms with E-state index in [4.69, 9.17) is 4.74 Å². The normalized spacial score (nSPS) is 20.8. The Kier molecular flexibility index (Phi) is 3.81. The minimum absolute atomic E-state index is 0.145. The molecule has 1 atom stereocenters. The lowest BCUT2D eigenvalue weighted by Gasteiger charge is -2.25. The van der Waals surface area contributed by atoms with Crippen molar-refractivity contribution in [2.24, 2.45) is 0 Å². The van der Waals surface area contributed by atoms with Gasteiger partial charge in [-0.2, -0.15) is 0 Å². The lowest BCUT2D eigenvalue weighted by Crippen LogP contribution is -2.44. The van der Waals surface area contributed by atoms with Crippen LogP contribution in [0, 0.1) is 5.82 Å². The Labute approximate surface area is 126 Å². The minimum atomic E-state index is -0.565. The van der Waals surface area contributed by atoms with E-state index in [1.807, 2.05) is 0 Å². The quantitative estimate of drug-likeness (QED) is 0.869. The molecule has 0 bridgehead atoms.